The molecule has 0 bridgehead atoms. The lowest BCUT2D eigenvalue weighted by Crippen LogP contribution is -2.30. The molecule has 2 heteroatoms. The SMILES string of the molecule is Cc1ccc(C(C(C#N)C(C)C)N(C)C)c(C)c1. The van der Waals surface area contributed by atoms with Crippen LogP contribution in [0.25, 0.3) is 0 Å². The van der Waals surface area contributed by atoms with E-state index in [1.54, 1.807) is 0 Å². The summed E-state index contributed by atoms with van der Waals surface area (Å²) in [6.07, 6.45) is 0. The first-order valence-electron chi connectivity index (χ1n) is 6.51. The van der Waals surface area contributed by atoms with Gasteiger partial charge in [0.25, 0.3) is 0 Å². The van der Waals surface area contributed by atoms with Crippen LogP contribution in [0.3, 0.4) is 0 Å². The lowest BCUT2D eigenvalue weighted by Gasteiger charge is -2.32. The number of rotatable bonds is 4. The maximum absolute atomic E-state index is 9.45. The molecule has 0 aromatic heterocycles. The zero-order chi connectivity index (χ0) is 13.9. The van der Waals surface area contributed by atoms with E-state index in [1.807, 2.05) is 0 Å². The van der Waals surface area contributed by atoms with Gasteiger partial charge in [0.15, 0.2) is 0 Å². The van der Waals surface area contributed by atoms with Gasteiger partial charge in [0, 0.05) is 0 Å². The molecule has 1 rings (SSSR count). The smallest absolute Gasteiger partial charge is 0.0683 e. The number of nitrogens with zero attached hydrogens (tertiary/aromatic N) is 2. The van der Waals surface area contributed by atoms with Gasteiger partial charge in [-0.15, -0.1) is 0 Å². The Balaban J connectivity index is 3.24. The van der Waals surface area contributed by atoms with Crippen LogP contribution in [-0.2, 0) is 0 Å². The normalized spacial score (nSPS) is 14.6. The zero-order valence-corrected chi connectivity index (χ0v) is 12.4. The van der Waals surface area contributed by atoms with Crippen molar-refractivity contribution in [1.29, 1.82) is 5.26 Å². The van der Waals surface area contributed by atoms with Crippen molar-refractivity contribution >= 4 is 0 Å². The second-order valence-corrected chi connectivity index (χ2v) is 5.67. The van der Waals surface area contributed by atoms with Gasteiger partial charge in [0.1, 0.15) is 0 Å². The highest BCUT2D eigenvalue weighted by Gasteiger charge is 2.28. The molecule has 0 radical (unpaired) electrons. The van der Waals surface area contributed by atoms with Crippen LogP contribution >= 0.6 is 0 Å². The quantitative estimate of drug-likeness (QED) is 0.807. The highest BCUT2D eigenvalue weighted by molar-refractivity contribution is 5.34. The molecule has 2 atom stereocenters. The Morgan fingerprint density at radius 2 is 1.78 bits per heavy atom. The minimum atomic E-state index is 0.0152. The van der Waals surface area contributed by atoms with Crippen LogP contribution in [0.2, 0.25) is 0 Å². The summed E-state index contributed by atoms with van der Waals surface area (Å²) in [7, 11) is 4.10. The Morgan fingerprint density at radius 1 is 1.17 bits per heavy atom. The van der Waals surface area contributed by atoms with Gasteiger partial charge in [0.2, 0.25) is 0 Å². The predicted octanol–water partition coefficient (Wildman–Crippen LogP) is 3.70. The van der Waals surface area contributed by atoms with Crippen LogP contribution in [0.4, 0.5) is 0 Å². The average Bonchev–Trinajstić information content (AvgIpc) is 2.26. The van der Waals surface area contributed by atoms with Gasteiger partial charge in [-0.2, -0.15) is 5.26 Å². The van der Waals surface area contributed by atoms with E-state index in [2.05, 4.69) is 71.0 Å². The molecule has 0 heterocycles. The monoisotopic (exact) mass is 244 g/mol. The van der Waals surface area contributed by atoms with Crippen LogP contribution in [0.1, 0.15) is 36.6 Å². The van der Waals surface area contributed by atoms with E-state index >= 15 is 0 Å². The molecule has 0 N–H and O–H groups in total. The highest BCUT2D eigenvalue weighted by atomic mass is 15.1. The molecule has 0 aliphatic heterocycles. The van der Waals surface area contributed by atoms with Gasteiger partial charge >= 0.3 is 0 Å². The van der Waals surface area contributed by atoms with Crippen molar-refractivity contribution in [2.45, 2.75) is 33.7 Å². The fraction of sp³-hybridized carbons (Fsp3) is 0.562. The van der Waals surface area contributed by atoms with Crippen molar-refractivity contribution in [3.8, 4) is 6.07 Å². The van der Waals surface area contributed by atoms with Gasteiger partial charge in [0.05, 0.1) is 18.0 Å². The summed E-state index contributed by atoms with van der Waals surface area (Å²) in [5, 5.41) is 9.45. The first kappa shape index (κ1) is 14.7. The van der Waals surface area contributed by atoms with E-state index in [0.717, 1.165) is 0 Å². The molecule has 18 heavy (non-hydrogen) atoms. The number of hydrogen-bond acceptors (Lipinski definition) is 2. The second kappa shape index (κ2) is 6.02. The first-order chi connectivity index (χ1) is 8.38. The maximum Gasteiger partial charge on any atom is 0.0683 e. The molecule has 0 saturated heterocycles. The number of nitriles is 1. The molecule has 0 fully saturated rings. The lowest BCUT2D eigenvalue weighted by atomic mass is 9.83. The third-order valence-corrected chi connectivity index (χ3v) is 3.51. The van der Waals surface area contributed by atoms with Gasteiger partial charge in [-0.25, -0.2) is 0 Å². The summed E-state index contributed by atoms with van der Waals surface area (Å²) in [4.78, 5) is 2.16. The van der Waals surface area contributed by atoms with Crippen LogP contribution in [-0.4, -0.2) is 19.0 Å². The molecular weight excluding hydrogens is 220 g/mol. The molecule has 98 valence electrons. The summed E-state index contributed by atoms with van der Waals surface area (Å²) in [5.41, 5.74) is 3.81. The first-order valence-corrected chi connectivity index (χ1v) is 6.51. The molecular formula is C16H24N2. The van der Waals surface area contributed by atoms with E-state index in [4.69, 9.17) is 0 Å². The Morgan fingerprint density at radius 3 is 2.17 bits per heavy atom. The predicted molar refractivity (Wildman–Crippen MR) is 76.3 cm³/mol. The molecule has 0 spiro atoms. The van der Waals surface area contributed by atoms with Crippen molar-refractivity contribution < 1.29 is 0 Å². The van der Waals surface area contributed by atoms with E-state index in [9.17, 15) is 5.26 Å². The largest absolute Gasteiger partial charge is 0.301 e. The summed E-state index contributed by atoms with van der Waals surface area (Å²) >= 11 is 0. The molecule has 0 saturated carbocycles. The van der Waals surface area contributed by atoms with Crippen LogP contribution in [0.15, 0.2) is 18.2 Å². The van der Waals surface area contributed by atoms with Gasteiger partial charge < -0.3 is 4.90 Å². The number of aryl methyl sites for hydroxylation is 2. The van der Waals surface area contributed by atoms with Crippen molar-refractivity contribution in [3.63, 3.8) is 0 Å². The standard InChI is InChI=1S/C16H24N2/c1-11(2)15(10-17)16(18(5)6)14-8-7-12(3)9-13(14)4/h7-9,11,15-16H,1-6H3. The van der Waals surface area contributed by atoms with Crippen LogP contribution in [0, 0.1) is 37.0 Å². The number of hydrogen-bond donors (Lipinski definition) is 0. The third kappa shape index (κ3) is 3.11. The number of benzene rings is 1. The molecule has 1 aromatic rings. The Bertz CT molecular complexity index is 441. The summed E-state index contributed by atoms with van der Waals surface area (Å²) in [6, 6.07) is 9.14. The fourth-order valence-corrected chi connectivity index (χ4v) is 2.53. The van der Waals surface area contributed by atoms with Crippen molar-refractivity contribution in [3.05, 3.63) is 34.9 Å². The van der Waals surface area contributed by atoms with E-state index < -0.39 is 0 Å². The molecule has 0 aliphatic carbocycles. The Hall–Kier alpha value is -1.33. The molecule has 0 aliphatic rings. The van der Waals surface area contributed by atoms with Gasteiger partial charge in [-0.1, -0.05) is 37.6 Å². The van der Waals surface area contributed by atoms with Crippen LogP contribution in [0.5, 0.6) is 0 Å². The van der Waals surface area contributed by atoms with E-state index in [0.29, 0.717) is 5.92 Å². The van der Waals surface area contributed by atoms with Crippen molar-refractivity contribution in [2.24, 2.45) is 11.8 Å². The van der Waals surface area contributed by atoms with Crippen molar-refractivity contribution in [1.82, 2.24) is 4.90 Å². The maximum atomic E-state index is 9.45. The zero-order valence-electron chi connectivity index (χ0n) is 12.4. The summed E-state index contributed by atoms with van der Waals surface area (Å²) in [6.45, 7) is 8.47. The van der Waals surface area contributed by atoms with Crippen molar-refractivity contribution in [2.75, 3.05) is 14.1 Å². The third-order valence-electron chi connectivity index (χ3n) is 3.51. The lowest BCUT2D eigenvalue weighted by molar-refractivity contribution is 0.209. The Kier molecular flexibility index (Phi) is 4.93. The van der Waals surface area contributed by atoms with E-state index in [1.165, 1.54) is 16.7 Å². The topological polar surface area (TPSA) is 27.0 Å². The van der Waals surface area contributed by atoms with Gasteiger partial charge in [-0.3, -0.25) is 0 Å². The second-order valence-electron chi connectivity index (χ2n) is 5.67. The van der Waals surface area contributed by atoms with E-state index in [-0.39, 0.29) is 12.0 Å². The Labute approximate surface area is 111 Å². The highest BCUT2D eigenvalue weighted by Crippen LogP contribution is 2.33. The molecule has 1 aromatic carbocycles. The minimum absolute atomic E-state index is 0.0152. The molecule has 0 amide bonds. The van der Waals surface area contributed by atoms with Gasteiger partial charge in [-0.05, 0) is 45.0 Å². The summed E-state index contributed by atoms with van der Waals surface area (Å²) in [5.74, 6) is 0.365. The summed E-state index contributed by atoms with van der Waals surface area (Å²) < 4.78 is 0. The molecule has 2 nitrogen and oxygen atoms in total. The molecule has 2 unspecified atom stereocenters. The average molecular weight is 244 g/mol. The minimum Gasteiger partial charge on any atom is -0.301 e. The van der Waals surface area contributed by atoms with Crippen LogP contribution < -0.4 is 0 Å². The fourth-order valence-electron chi connectivity index (χ4n) is 2.53.